The van der Waals surface area contributed by atoms with E-state index in [1.165, 1.54) is 0 Å². The van der Waals surface area contributed by atoms with Gasteiger partial charge in [0.05, 0.1) is 26.8 Å². The predicted molar refractivity (Wildman–Crippen MR) is 87.0 cm³/mol. The van der Waals surface area contributed by atoms with Gasteiger partial charge in [-0.15, -0.1) is 0 Å². The first-order valence-electron chi connectivity index (χ1n) is 7.11. The van der Waals surface area contributed by atoms with E-state index >= 15 is 0 Å². The van der Waals surface area contributed by atoms with E-state index < -0.39 is 29.1 Å². The van der Waals surface area contributed by atoms with Crippen molar-refractivity contribution in [1.82, 2.24) is 9.78 Å². The number of anilines is 2. The third-order valence-corrected chi connectivity index (χ3v) is 3.85. The van der Waals surface area contributed by atoms with Crippen molar-refractivity contribution in [1.29, 1.82) is 0 Å². The van der Waals surface area contributed by atoms with Gasteiger partial charge in [0.2, 0.25) is 0 Å². The van der Waals surface area contributed by atoms with Crippen LogP contribution in [0, 0.1) is 0 Å². The molecule has 11 heteroatoms. The molecule has 0 saturated heterocycles. The molecule has 0 aliphatic carbocycles. The summed E-state index contributed by atoms with van der Waals surface area (Å²) >= 11 is 11.7. The lowest BCUT2D eigenvalue weighted by Gasteiger charge is -2.23. The lowest BCUT2D eigenvalue weighted by atomic mass is 10.1. The number of hydrogen-bond donors (Lipinski definition) is 1. The normalized spacial score (nSPS) is 13.2. The van der Waals surface area contributed by atoms with Crippen LogP contribution in [0.3, 0.4) is 0 Å². The number of benzene rings is 1. The fourth-order valence-corrected chi connectivity index (χ4v) is 2.69. The summed E-state index contributed by atoms with van der Waals surface area (Å²) in [4.78, 5) is 0. The van der Waals surface area contributed by atoms with E-state index in [-0.39, 0.29) is 21.6 Å². The molecule has 2 aromatic rings. The van der Waals surface area contributed by atoms with Gasteiger partial charge in [-0.05, 0) is 32.9 Å². The van der Waals surface area contributed by atoms with Crippen molar-refractivity contribution < 1.29 is 26.3 Å². The van der Waals surface area contributed by atoms with Crippen LogP contribution in [0.5, 0.6) is 0 Å². The Morgan fingerprint density at radius 1 is 0.885 bits per heavy atom. The quantitative estimate of drug-likeness (QED) is 0.547. The van der Waals surface area contributed by atoms with Crippen LogP contribution in [0.1, 0.15) is 32.0 Å². The summed E-state index contributed by atoms with van der Waals surface area (Å²) in [5, 5.41) is 5.31. The van der Waals surface area contributed by atoms with Crippen LogP contribution in [0.4, 0.5) is 37.8 Å². The molecular weight excluding hydrogens is 407 g/mol. The molecule has 1 N–H and O–H groups in total. The van der Waals surface area contributed by atoms with Crippen molar-refractivity contribution in [2.45, 2.75) is 38.7 Å². The molecule has 1 aromatic carbocycles. The van der Waals surface area contributed by atoms with Crippen molar-refractivity contribution in [3.05, 3.63) is 39.5 Å². The van der Waals surface area contributed by atoms with Gasteiger partial charge in [-0.3, -0.25) is 0 Å². The number of hydrogen-bond acceptors (Lipinski definition) is 2. The van der Waals surface area contributed by atoms with Crippen LogP contribution >= 0.6 is 23.2 Å². The summed E-state index contributed by atoms with van der Waals surface area (Å²) in [7, 11) is 0. The van der Waals surface area contributed by atoms with Crippen molar-refractivity contribution in [2.24, 2.45) is 0 Å². The van der Waals surface area contributed by atoms with Crippen LogP contribution in [0.15, 0.2) is 18.2 Å². The molecule has 3 nitrogen and oxygen atoms in total. The zero-order valence-electron chi connectivity index (χ0n) is 13.7. The summed E-state index contributed by atoms with van der Waals surface area (Å²) in [6.07, 6.45) is -9.36. The molecule has 0 aliphatic heterocycles. The maximum absolute atomic E-state index is 13.0. The number of aromatic nitrogens is 2. The molecule has 0 spiro atoms. The number of halogens is 8. The van der Waals surface area contributed by atoms with E-state index in [1.54, 1.807) is 20.8 Å². The van der Waals surface area contributed by atoms with Crippen molar-refractivity contribution in [2.75, 3.05) is 5.32 Å². The van der Waals surface area contributed by atoms with Crippen molar-refractivity contribution in [3.63, 3.8) is 0 Å². The Labute approximate surface area is 154 Å². The minimum absolute atomic E-state index is 0.117. The Morgan fingerprint density at radius 2 is 1.38 bits per heavy atom. The van der Waals surface area contributed by atoms with Gasteiger partial charge in [0.15, 0.2) is 5.69 Å². The second-order valence-corrected chi connectivity index (χ2v) is 7.25. The first-order chi connectivity index (χ1) is 11.6. The fraction of sp³-hybridized carbons (Fsp3) is 0.400. The molecule has 0 fully saturated rings. The first kappa shape index (κ1) is 20.7. The van der Waals surface area contributed by atoms with E-state index in [9.17, 15) is 26.3 Å². The lowest BCUT2D eigenvalue weighted by Crippen LogP contribution is -2.25. The summed E-state index contributed by atoms with van der Waals surface area (Å²) < 4.78 is 78.3. The highest BCUT2D eigenvalue weighted by atomic mass is 35.5. The van der Waals surface area contributed by atoms with Gasteiger partial charge in [-0.1, -0.05) is 23.2 Å². The molecule has 0 bridgehead atoms. The zero-order chi connectivity index (χ0) is 20.1. The van der Waals surface area contributed by atoms with E-state index in [0.29, 0.717) is 12.1 Å². The third kappa shape index (κ3) is 4.37. The zero-order valence-corrected chi connectivity index (χ0v) is 15.2. The highest BCUT2D eigenvalue weighted by Gasteiger charge is 2.37. The molecule has 1 heterocycles. The summed E-state index contributed by atoms with van der Waals surface area (Å²) in [5.41, 5.74) is -3.23. The number of alkyl halides is 6. The van der Waals surface area contributed by atoms with Gasteiger partial charge in [0.1, 0.15) is 5.82 Å². The molecule has 0 atom stereocenters. The molecule has 1 aromatic heterocycles. The average Bonchev–Trinajstić information content (AvgIpc) is 2.85. The van der Waals surface area contributed by atoms with Gasteiger partial charge in [0.25, 0.3) is 0 Å². The first-order valence-corrected chi connectivity index (χ1v) is 7.87. The van der Waals surface area contributed by atoms with Gasteiger partial charge in [0, 0.05) is 6.07 Å². The number of nitrogens with one attached hydrogen (secondary N) is 1. The van der Waals surface area contributed by atoms with Gasteiger partial charge in [-0.25, -0.2) is 4.68 Å². The summed E-state index contributed by atoms with van der Waals surface area (Å²) in [6, 6.07) is 2.01. The minimum Gasteiger partial charge on any atom is -0.338 e. The highest BCUT2D eigenvalue weighted by molar-refractivity contribution is 6.39. The van der Waals surface area contributed by atoms with Crippen LogP contribution in [0.25, 0.3) is 0 Å². The number of nitrogens with zero attached hydrogens (tertiary/aromatic N) is 2. The Hall–Kier alpha value is -1.61. The Kier molecular flexibility index (Phi) is 5.19. The summed E-state index contributed by atoms with van der Waals surface area (Å²) in [6.45, 7) is 4.84. The van der Waals surface area contributed by atoms with E-state index in [4.69, 9.17) is 23.2 Å². The molecular formula is C15H13Cl2F6N3. The standard InChI is InChI=1S/C15H13Cl2F6N3/c1-13(2,3)26-11(6-10(25-26)15(21,22)23)24-12-8(16)4-7(5-9(12)17)14(18,19)20/h4-6,24H,1-3H3. The van der Waals surface area contributed by atoms with Crippen molar-refractivity contribution in [3.8, 4) is 0 Å². The van der Waals surface area contributed by atoms with Gasteiger partial charge >= 0.3 is 12.4 Å². The van der Waals surface area contributed by atoms with Crippen molar-refractivity contribution >= 4 is 34.7 Å². The predicted octanol–water partition coefficient (Wildman–Crippen LogP) is 6.73. The molecule has 0 aliphatic rings. The molecule has 2 rings (SSSR count). The minimum atomic E-state index is -4.69. The largest absolute Gasteiger partial charge is 0.435 e. The van der Waals surface area contributed by atoms with E-state index in [2.05, 4.69) is 10.4 Å². The van der Waals surface area contributed by atoms with E-state index in [0.717, 1.165) is 10.7 Å². The second-order valence-electron chi connectivity index (χ2n) is 6.43. The molecule has 0 amide bonds. The summed E-state index contributed by atoms with van der Waals surface area (Å²) in [5.74, 6) is -0.117. The lowest BCUT2D eigenvalue weighted by molar-refractivity contribution is -0.141. The highest BCUT2D eigenvalue weighted by Crippen LogP contribution is 2.41. The maximum atomic E-state index is 13.0. The number of rotatable bonds is 2. The maximum Gasteiger partial charge on any atom is 0.435 e. The van der Waals surface area contributed by atoms with Crippen LogP contribution in [0.2, 0.25) is 10.0 Å². The van der Waals surface area contributed by atoms with Crippen LogP contribution < -0.4 is 5.32 Å². The molecule has 0 radical (unpaired) electrons. The van der Waals surface area contributed by atoms with Crippen LogP contribution in [-0.4, -0.2) is 9.78 Å². The molecule has 26 heavy (non-hydrogen) atoms. The topological polar surface area (TPSA) is 29.9 Å². The Balaban J connectivity index is 2.54. The monoisotopic (exact) mass is 419 g/mol. The Morgan fingerprint density at radius 3 is 1.77 bits per heavy atom. The van der Waals surface area contributed by atoms with Crippen LogP contribution in [-0.2, 0) is 17.9 Å². The molecule has 0 saturated carbocycles. The molecule has 0 unspecified atom stereocenters. The third-order valence-electron chi connectivity index (χ3n) is 3.26. The van der Waals surface area contributed by atoms with Gasteiger partial charge < -0.3 is 5.32 Å². The fourth-order valence-electron chi connectivity index (χ4n) is 2.10. The SMILES string of the molecule is CC(C)(C)n1nc(C(F)(F)F)cc1Nc1c(Cl)cc(C(F)(F)F)cc1Cl. The second kappa shape index (κ2) is 6.53. The average molecular weight is 420 g/mol. The Bertz CT molecular complexity index is 795. The van der Waals surface area contributed by atoms with E-state index in [1.807, 2.05) is 0 Å². The van der Waals surface area contributed by atoms with Gasteiger partial charge in [-0.2, -0.15) is 31.4 Å². The smallest absolute Gasteiger partial charge is 0.338 e. The molecule has 144 valence electrons.